The van der Waals surface area contributed by atoms with Crippen molar-refractivity contribution in [2.45, 2.75) is 70.1 Å². The number of rotatable bonds is 0. The average molecular weight is 241 g/mol. The summed E-state index contributed by atoms with van der Waals surface area (Å²) in [7, 11) is 0. The van der Waals surface area contributed by atoms with Gasteiger partial charge in [-0.15, -0.1) is 0 Å². The van der Waals surface area contributed by atoms with Crippen molar-refractivity contribution < 1.29 is 14.6 Å². The summed E-state index contributed by atoms with van der Waals surface area (Å²) in [5.41, 5.74) is -0.441. The molecule has 1 aliphatic heterocycles. The topological polar surface area (TPSA) is 49.8 Å². The molecule has 1 aliphatic carbocycles. The number of ether oxygens (including phenoxy) is 1. The third-order valence-electron chi connectivity index (χ3n) is 3.87. The highest BCUT2D eigenvalue weighted by Crippen LogP contribution is 2.43. The van der Waals surface area contributed by atoms with Gasteiger partial charge in [-0.2, -0.15) is 0 Å². The number of nitrogens with zero attached hydrogens (tertiary/aromatic N) is 1. The molecule has 1 saturated heterocycles. The molecule has 0 bridgehead atoms. The molecular formula is C13H23NO3. The summed E-state index contributed by atoms with van der Waals surface area (Å²) in [5, 5.41) is 9.54. The van der Waals surface area contributed by atoms with Crippen molar-refractivity contribution in [1.82, 2.24) is 4.90 Å². The molecule has 2 rings (SSSR count). The maximum atomic E-state index is 12.0. The summed E-state index contributed by atoms with van der Waals surface area (Å²) in [6, 6.07) is 0. The maximum Gasteiger partial charge on any atom is 0.410 e. The lowest BCUT2D eigenvalue weighted by molar-refractivity contribution is -0.0734. The molecule has 1 heterocycles. The quantitative estimate of drug-likeness (QED) is 0.708. The first-order valence-electron chi connectivity index (χ1n) is 6.51. The fourth-order valence-corrected chi connectivity index (χ4v) is 2.80. The van der Waals surface area contributed by atoms with Gasteiger partial charge in [0.2, 0.25) is 0 Å². The Bertz CT molecular complexity index is 300. The van der Waals surface area contributed by atoms with Crippen LogP contribution in [0.3, 0.4) is 0 Å². The number of amides is 1. The fourth-order valence-electron chi connectivity index (χ4n) is 2.80. The van der Waals surface area contributed by atoms with Crippen LogP contribution in [0.15, 0.2) is 0 Å². The van der Waals surface area contributed by atoms with Crippen LogP contribution in [0, 0.1) is 0 Å². The van der Waals surface area contributed by atoms with Crippen LogP contribution in [0.2, 0.25) is 0 Å². The summed E-state index contributed by atoms with van der Waals surface area (Å²) >= 11 is 0. The average Bonchev–Trinajstić information content (AvgIpc) is 2.14. The van der Waals surface area contributed by atoms with E-state index in [1.807, 2.05) is 25.7 Å². The van der Waals surface area contributed by atoms with Gasteiger partial charge in [0, 0.05) is 12.1 Å². The molecule has 0 radical (unpaired) electrons. The molecule has 1 amide bonds. The second kappa shape index (κ2) is 4.16. The summed E-state index contributed by atoms with van der Waals surface area (Å²) < 4.78 is 5.42. The molecule has 0 aromatic heterocycles. The predicted octanol–water partition coefficient (Wildman–Crippen LogP) is 2.30. The highest BCUT2D eigenvalue weighted by molar-refractivity contribution is 5.70. The Morgan fingerprint density at radius 1 is 1.29 bits per heavy atom. The van der Waals surface area contributed by atoms with Crippen LogP contribution in [0.5, 0.6) is 0 Å². The normalized spacial score (nSPS) is 33.4. The summed E-state index contributed by atoms with van der Waals surface area (Å²) in [6.07, 6.45) is 4.11. The Morgan fingerprint density at radius 2 is 1.88 bits per heavy atom. The van der Waals surface area contributed by atoms with Crippen molar-refractivity contribution in [3.63, 3.8) is 0 Å². The maximum absolute atomic E-state index is 12.0. The second-order valence-corrected chi connectivity index (χ2v) is 6.34. The zero-order valence-corrected chi connectivity index (χ0v) is 11.0. The number of carbonyl (C=O) groups is 1. The summed E-state index contributed by atoms with van der Waals surface area (Å²) in [6.45, 7) is 6.47. The first kappa shape index (κ1) is 12.7. The molecule has 1 spiro atoms. The first-order valence-corrected chi connectivity index (χ1v) is 6.51. The molecule has 17 heavy (non-hydrogen) atoms. The van der Waals surface area contributed by atoms with Crippen LogP contribution >= 0.6 is 0 Å². The zero-order chi connectivity index (χ0) is 12.7. The van der Waals surface area contributed by atoms with Crippen molar-refractivity contribution in [2.75, 3.05) is 6.54 Å². The summed E-state index contributed by atoms with van der Waals surface area (Å²) in [5.74, 6) is 0. The van der Waals surface area contributed by atoms with Crippen LogP contribution in [-0.4, -0.2) is 39.9 Å². The lowest BCUT2D eigenvalue weighted by atomic mass is 9.72. The van der Waals surface area contributed by atoms with Crippen LogP contribution < -0.4 is 0 Å². The molecule has 2 fully saturated rings. The smallest absolute Gasteiger partial charge is 0.410 e. The molecule has 1 N–H and O–H groups in total. The van der Waals surface area contributed by atoms with Gasteiger partial charge in [0.05, 0.1) is 6.10 Å². The van der Waals surface area contributed by atoms with E-state index in [2.05, 4.69) is 0 Å². The third-order valence-corrected chi connectivity index (χ3v) is 3.87. The number of aliphatic hydroxyl groups excluding tert-OH is 1. The summed E-state index contributed by atoms with van der Waals surface area (Å²) in [4.78, 5) is 13.9. The molecule has 0 aromatic rings. The first-order chi connectivity index (χ1) is 7.82. The zero-order valence-electron chi connectivity index (χ0n) is 11.0. The molecular weight excluding hydrogens is 218 g/mol. The Kier molecular flexibility index (Phi) is 3.10. The Hall–Kier alpha value is -0.770. The largest absolute Gasteiger partial charge is 0.444 e. The number of carbonyl (C=O) groups excluding carboxylic acids is 1. The highest BCUT2D eigenvalue weighted by Gasteiger charge is 2.50. The Labute approximate surface area is 103 Å². The van der Waals surface area contributed by atoms with Crippen LogP contribution in [0.4, 0.5) is 4.79 Å². The molecule has 1 saturated carbocycles. The second-order valence-electron chi connectivity index (χ2n) is 6.34. The van der Waals surface area contributed by atoms with Gasteiger partial charge in [-0.05, 0) is 52.9 Å². The van der Waals surface area contributed by atoms with Crippen molar-refractivity contribution in [1.29, 1.82) is 0 Å². The van der Waals surface area contributed by atoms with Gasteiger partial charge in [0.1, 0.15) is 5.60 Å². The van der Waals surface area contributed by atoms with E-state index in [0.29, 0.717) is 0 Å². The van der Waals surface area contributed by atoms with Gasteiger partial charge >= 0.3 is 6.09 Å². The molecule has 0 aromatic carbocycles. The predicted molar refractivity (Wildman–Crippen MR) is 64.8 cm³/mol. The van der Waals surface area contributed by atoms with Gasteiger partial charge in [-0.25, -0.2) is 4.79 Å². The van der Waals surface area contributed by atoms with Crippen molar-refractivity contribution >= 4 is 6.09 Å². The van der Waals surface area contributed by atoms with Crippen LogP contribution in [0.25, 0.3) is 0 Å². The van der Waals surface area contributed by atoms with Gasteiger partial charge < -0.3 is 14.7 Å². The minimum absolute atomic E-state index is 0.0123. The van der Waals surface area contributed by atoms with E-state index in [4.69, 9.17) is 4.74 Å². The van der Waals surface area contributed by atoms with Crippen LogP contribution in [-0.2, 0) is 4.74 Å². The van der Waals surface area contributed by atoms with Gasteiger partial charge in [-0.1, -0.05) is 0 Å². The van der Waals surface area contributed by atoms with E-state index >= 15 is 0 Å². The van der Waals surface area contributed by atoms with Gasteiger partial charge in [0.15, 0.2) is 0 Å². The van der Waals surface area contributed by atoms with Crippen molar-refractivity contribution in [3.8, 4) is 0 Å². The molecule has 0 unspecified atom stereocenters. The van der Waals surface area contributed by atoms with E-state index < -0.39 is 5.60 Å². The number of aliphatic hydroxyl groups is 1. The van der Waals surface area contributed by atoms with Crippen molar-refractivity contribution in [3.05, 3.63) is 0 Å². The highest BCUT2D eigenvalue weighted by atomic mass is 16.6. The Morgan fingerprint density at radius 3 is 2.29 bits per heavy atom. The van der Waals surface area contributed by atoms with Gasteiger partial charge in [0.25, 0.3) is 0 Å². The van der Waals surface area contributed by atoms with Crippen molar-refractivity contribution in [2.24, 2.45) is 0 Å². The standard InChI is InChI=1S/C13H23NO3/c1-12(2,3)17-11(16)14-9-8-13(14)6-4-10(15)5-7-13/h10,15H,4-9H2,1-3H3. The van der Waals surface area contributed by atoms with Crippen LogP contribution in [0.1, 0.15) is 52.9 Å². The number of hydrogen-bond donors (Lipinski definition) is 1. The Balaban J connectivity index is 1.96. The number of hydrogen-bond acceptors (Lipinski definition) is 3. The number of likely N-dealkylation sites (tertiary alicyclic amines) is 1. The molecule has 4 heteroatoms. The lowest BCUT2D eigenvalue weighted by Crippen LogP contribution is -2.64. The van der Waals surface area contributed by atoms with E-state index in [9.17, 15) is 9.90 Å². The molecule has 2 aliphatic rings. The molecule has 4 nitrogen and oxygen atoms in total. The van der Waals surface area contributed by atoms with E-state index in [0.717, 1.165) is 38.6 Å². The molecule has 0 atom stereocenters. The van der Waals surface area contributed by atoms with E-state index in [1.165, 1.54) is 0 Å². The van der Waals surface area contributed by atoms with E-state index in [-0.39, 0.29) is 17.7 Å². The fraction of sp³-hybridized carbons (Fsp3) is 0.923. The lowest BCUT2D eigenvalue weighted by Gasteiger charge is -2.55. The monoisotopic (exact) mass is 241 g/mol. The minimum atomic E-state index is -0.429. The SMILES string of the molecule is CC(C)(C)OC(=O)N1CCC12CCC(O)CC2. The van der Waals surface area contributed by atoms with Gasteiger partial charge in [-0.3, -0.25) is 0 Å². The third kappa shape index (κ3) is 2.57. The minimum Gasteiger partial charge on any atom is -0.444 e. The molecule has 98 valence electrons. The van der Waals surface area contributed by atoms with E-state index in [1.54, 1.807) is 0 Å².